The first-order valence-corrected chi connectivity index (χ1v) is 8.66. The summed E-state index contributed by atoms with van der Waals surface area (Å²) in [5.74, 6) is 1.09. The summed E-state index contributed by atoms with van der Waals surface area (Å²) in [5, 5.41) is 3.37. The van der Waals surface area contributed by atoms with Crippen LogP contribution in [0.5, 0.6) is 5.75 Å². The van der Waals surface area contributed by atoms with Crippen LogP contribution in [-0.2, 0) is 0 Å². The molecule has 0 atom stereocenters. The fraction of sp³-hybridized carbons (Fsp3) is 0.238. The predicted molar refractivity (Wildman–Crippen MR) is 109 cm³/mol. The third-order valence-corrected chi connectivity index (χ3v) is 3.86. The zero-order valence-electron chi connectivity index (χ0n) is 15.7. The molecule has 3 aromatic rings. The molecule has 0 saturated carbocycles. The van der Waals surface area contributed by atoms with Gasteiger partial charge in [0.25, 0.3) is 0 Å². The van der Waals surface area contributed by atoms with Gasteiger partial charge in [-0.25, -0.2) is 4.99 Å². The maximum atomic E-state index is 12.3. The van der Waals surface area contributed by atoms with Crippen molar-refractivity contribution in [2.24, 2.45) is 16.5 Å². The lowest BCUT2D eigenvalue weighted by atomic mass is 9.93. The number of Topliss-reactive ketones (excluding diaryl/α,β-unsaturated/α-hetero) is 1. The zero-order valence-corrected chi connectivity index (χ0v) is 15.7. The van der Waals surface area contributed by atoms with E-state index in [-0.39, 0.29) is 12.5 Å². The van der Waals surface area contributed by atoms with Crippen LogP contribution < -0.4 is 16.2 Å². The van der Waals surface area contributed by atoms with Gasteiger partial charge in [-0.15, -0.1) is 0 Å². The molecule has 4 N–H and O–H groups in total. The van der Waals surface area contributed by atoms with E-state index >= 15 is 0 Å². The standard InChI is InChI=1S/C19H19N3O2.C2H6/c1-11(23)19-13-5-3-7-17(22-12(2)21)15(13)9-16-14(19)6-4-8-18(16)24-10-20;1-2/h3-9H,10,20H2,1-2H3,(H2,21,22);1-2H3. The minimum Gasteiger partial charge on any atom is -0.478 e. The first-order valence-electron chi connectivity index (χ1n) is 8.66. The van der Waals surface area contributed by atoms with Gasteiger partial charge in [0.2, 0.25) is 0 Å². The minimum absolute atomic E-state index is 0.0129. The van der Waals surface area contributed by atoms with Gasteiger partial charge in [-0.3, -0.25) is 10.5 Å². The summed E-state index contributed by atoms with van der Waals surface area (Å²) in [6.07, 6.45) is 0. The van der Waals surface area contributed by atoms with Crippen LogP contribution in [0.3, 0.4) is 0 Å². The first kappa shape index (κ1) is 19.4. The topological polar surface area (TPSA) is 90.7 Å². The molecule has 0 unspecified atom stereocenters. The molecule has 3 aromatic carbocycles. The highest BCUT2D eigenvalue weighted by Gasteiger charge is 2.15. The van der Waals surface area contributed by atoms with E-state index in [0.29, 0.717) is 17.1 Å². The highest BCUT2D eigenvalue weighted by atomic mass is 16.5. The van der Waals surface area contributed by atoms with E-state index in [4.69, 9.17) is 16.2 Å². The molecule has 0 heterocycles. The van der Waals surface area contributed by atoms with Crippen molar-refractivity contribution in [1.29, 1.82) is 0 Å². The summed E-state index contributed by atoms with van der Waals surface area (Å²) in [7, 11) is 0. The summed E-state index contributed by atoms with van der Waals surface area (Å²) in [6, 6.07) is 13.3. The van der Waals surface area contributed by atoms with Gasteiger partial charge in [0.1, 0.15) is 12.5 Å². The minimum atomic E-state index is -0.0129. The van der Waals surface area contributed by atoms with Crippen molar-refractivity contribution in [1.82, 2.24) is 0 Å². The highest BCUT2D eigenvalue weighted by molar-refractivity contribution is 6.21. The van der Waals surface area contributed by atoms with E-state index in [2.05, 4.69) is 4.99 Å². The van der Waals surface area contributed by atoms with Gasteiger partial charge >= 0.3 is 0 Å². The first-order chi connectivity index (χ1) is 12.5. The quantitative estimate of drug-likeness (QED) is 0.238. The van der Waals surface area contributed by atoms with E-state index in [0.717, 1.165) is 27.2 Å². The second-order valence-electron chi connectivity index (χ2n) is 5.60. The SMILES string of the molecule is CC.CC(=O)c1c2cccc(N=C(C)N)c2cc2c(OCN)cccc12. The van der Waals surface area contributed by atoms with Crippen molar-refractivity contribution < 1.29 is 9.53 Å². The van der Waals surface area contributed by atoms with E-state index < -0.39 is 0 Å². The average Bonchev–Trinajstić information content (AvgIpc) is 2.62. The molecule has 0 bridgehead atoms. The Hall–Kier alpha value is -2.92. The Morgan fingerprint density at radius 3 is 2.19 bits per heavy atom. The summed E-state index contributed by atoms with van der Waals surface area (Å²) < 4.78 is 5.53. The van der Waals surface area contributed by atoms with Crippen molar-refractivity contribution in [3.05, 3.63) is 48.0 Å². The van der Waals surface area contributed by atoms with Gasteiger partial charge in [-0.1, -0.05) is 38.1 Å². The van der Waals surface area contributed by atoms with E-state index in [9.17, 15) is 4.79 Å². The molecule has 0 aliphatic carbocycles. The zero-order chi connectivity index (χ0) is 19.3. The molecule has 0 spiro atoms. The number of benzene rings is 3. The van der Waals surface area contributed by atoms with Crippen LogP contribution in [0, 0.1) is 0 Å². The lowest BCUT2D eigenvalue weighted by Crippen LogP contribution is -2.08. The smallest absolute Gasteiger partial charge is 0.161 e. The predicted octanol–water partition coefficient (Wildman–Crippen LogP) is 4.53. The van der Waals surface area contributed by atoms with Crippen LogP contribution in [0.2, 0.25) is 0 Å². The van der Waals surface area contributed by atoms with Crippen LogP contribution in [0.25, 0.3) is 21.5 Å². The van der Waals surface area contributed by atoms with E-state index in [1.165, 1.54) is 0 Å². The maximum absolute atomic E-state index is 12.3. The van der Waals surface area contributed by atoms with Crippen molar-refractivity contribution >= 4 is 38.9 Å². The number of amidine groups is 1. The van der Waals surface area contributed by atoms with E-state index in [1.54, 1.807) is 13.8 Å². The van der Waals surface area contributed by atoms with Crippen molar-refractivity contribution in [3.8, 4) is 5.75 Å². The molecule has 0 fully saturated rings. The molecule has 0 aromatic heterocycles. The molecule has 136 valence electrons. The lowest BCUT2D eigenvalue weighted by molar-refractivity contribution is 0.102. The molecule has 5 nitrogen and oxygen atoms in total. The Morgan fingerprint density at radius 2 is 1.62 bits per heavy atom. The van der Waals surface area contributed by atoms with Crippen LogP contribution in [0.15, 0.2) is 47.5 Å². The van der Waals surface area contributed by atoms with Crippen LogP contribution in [-0.4, -0.2) is 18.3 Å². The number of ketones is 1. The molecular formula is C21H25N3O2. The monoisotopic (exact) mass is 351 g/mol. The summed E-state index contributed by atoms with van der Waals surface area (Å²) >= 11 is 0. The molecule has 0 saturated heterocycles. The van der Waals surface area contributed by atoms with Crippen LogP contribution in [0.1, 0.15) is 38.1 Å². The Labute approximate surface area is 153 Å². The fourth-order valence-corrected chi connectivity index (χ4v) is 3.01. The Balaban J connectivity index is 0.00000117. The molecule has 3 rings (SSSR count). The van der Waals surface area contributed by atoms with Crippen molar-refractivity contribution in [3.63, 3.8) is 0 Å². The number of rotatable bonds is 4. The molecule has 26 heavy (non-hydrogen) atoms. The van der Waals surface area contributed by atoms with Gasteiger partial charge in [-0.2, -0.15) is 0 Å². The molecule has 0 amide bonds. The lowest BCUT2D eigenvalue weighted by Gasteiger charge is -2.14. The highest BCUT2D eigenvalue weighted by Crippen LogP contribution is 2.37. The number of nitrogens with two attached hydrogens (primary N) is 2. The number of ether oxygens (including phenoxy) is 1. The molecule has 0 aliphatic heterocycles. The molecular weight excluding hydrogens is 326 g/mol. The average molecular weight is 351 g/mol. The molecule has 0 radical (unpaired) electrons. The van der Waals surface area contributed by atoms with Gasteiger partial charge in [0.05, 0.1) is 11.5 Å². The second-order valence-corrected chi connectivity index (χ2v) is 5.60. The largest absolute Gasteiger partial charge is 0.478 e. The number of hydrogen-bond donors (Lipinski definition) is 2. The third-order valence-electron chi connectivity index (χ3n) is 3.86. The maximum Gasteiger partial charge on any atom is 0.161 e. The Morgan fingerprint density at radius 1 is 1.00 bits per heavy atom. The van der Waals surface area contributed by atoms with Gasteiger partial charge in [0.15, 0.2) is 5.78 Å². The Kier molecular flexibility index (Phi) is 6.31. The van der Waals surface area contributed by atoms with Crippen molar-refractivity contribution in [2.45, 2.75) is 27.7 Å². The number of carbonyl (C=O) groups is 1. The molecule has 0 aliphatic rings. The summed E-state index contributed by atoms with van der Waals surface area (Å²) in [6.45, 7) is 7.36. The summed E-state index contributed by atoms with van der Waals surface area (Å²) in [4.78, 5) is 16.7. The normalized spacial score (nSPS) is 11.2. The number of hydrogen-bond acceptors (Lipinski definition) is 4. The number of carbonyl (C=O) groups excluding carboxylic acids is 1. The van der Waals surface area contributed by atoms with Gasteiger partial charge in [0, 0.05) is 16.3 Å². The molecule has 5 heteroatoms. The third kappa shape index (κ3) is 3.68. The Bertz CT molecular complexity index is 974. The number of aliphatic imine (C=N–C) groups is 1. The van der Waals surface area contributed by atoms with Gasteiger partial charge in [-0.05, 0) is 42.8 Å². The van der Waals surface area contributed by atoms with Crippen LogP contribution >= 0.6 is 0 Å². The number of fused-ring (bicyclic) bond motifs is 2. The second kappa shape index (κ2) is 8.45. The summed E-state index contributed by atoms with van der Waals surface area (Å²) in [5.41, 5.74) is 12.6. The van der Waals surface area contributed by atoms with E-state index in [1.807, 2.05) is 56.3 Å². The van der Waals surface area contributed by atoms with Gasteiger partial charge < -0.3 is 10.5 Å². The number of nitrogens with zero attached hydrogens (tertiary/aromatic N) is 1. The van der Waals surface area contributed by atoms with Crippen LogP contribution in [0.4, 0.5) is 5.69 Å². The fourth-order valence-electron chi connectivity index (χ4n) is 3.01. The van der Waals surface area contributed by atoms with Crippen molar-refractivity contribution in [2.75, 3.05) is 6.73 Å².